The Morgan fingerprint density at radius 1 is 1.06 bits per heavy atom. The molecule has 1 aliphatic rings. The van der Waals surface area contributed by atoms with Crippen LogP contribution >= 0.6 is 35.6 Å². The molecular formula is C26H21ClN2O4S2. The smallest absolute Gasteiger partial charge is 0.285 e. The van der Waals surface area contributed by atoms with Gasteiger partial charge in [-0.2, -0.15) is 5.01 Å². The van der Waals surface area contributed by atoms with E-state index in [0.29, 0.717) is 40.2 Å². The van der Waals surface area contributed by atoms with Gasteiger partial charge in [-0.1, -0.05) is 65.8 Å². The monoisotopic (exact) mass is 524 g/mol. The van der Waals surface area contributed by atoms with Crippen LogP contribution in [0.3, 0.4) is 0 Å². The minimum Gasteiger partial charge on any atom is -0.490 e. The third-order valence-corrected chi connectivity index (χ3v) is 6.62. The third-order valence-electron chi connectivity index (χ3n) is 4.95. The molecule has 0 bridgehead atoms. The van der Waals surface area contributed by atoms with E-state index in [2.05, 4.69) is 5.43 Å². The SMILES string of the molecule is CCOc1cc(/C=C2/SC(=S)N(NC(=O)c3ccccc3)C2=O)ccc1OCc1ccccc1Cl. The summed E-state index contributed by atoms with van der Waals surface area (Å²) in [5, 5.41) is 1.72. The molecule has 0 unspecified atom stereocenters. The van der Waals surface area contributed by atoms with E-state index in [0.717, 1.165) is 27.9 Å². The predicted octanol–water partition coefficient (Wildman–Crippen LogP) is 5.86. The van der Waals surface area contributed by atoms with Crippen LogP contribution in [0, 0.1) is 0 Å². The number of amides is 2. The Hall–Kier alpha value is -3.33. The molecule has 1 fully saturated rings. The van der Waals surface area contributed by atoms with Gasteiger partial charge in [-0.25, -0.2) is 0 Å². The number of nitrogens with one attached hydrogen (secondary N) is 1. The van der Waals surface area contributed by atoms with Gasteiger partial charge in [0.1, 0.15) is 6.61 Å². The van der Waals surface area contributed by atoms with Crippen LogP contribution in [-0.4, -0.2) is 27.8 Å². The van der Waals surface area contributed by atoms with E-state index in [1.54, 1.807) is 42.5 Å². The van der Waals surface area contributed by atoms with Crippen molar-refractivity contribution in [3.05, 3.63) is 99.4 Å². The van der Waals surface area contributed by atoms with E-state index in [-0.39, 0.29) is 4.32 Å². The van der Waals surface area contributed by atoms with E-state index in [1.807, 2.05) is 43.3 Å². The number of hydrogen-bond acceptors (Lipinski definition) is 6. The standard InChI is InChI=1S/C26H21ClN2O4S2/c1-2-32-22-14-17(12-13-21(22)33-16-19-10-6-7-11-20(19)27)15-23-25(31)29(26(34)35-23)28-24(30)18-8-4-3-5-9-18/h3-15H,2,16H2,1H3,(H,28,30)/b23-15+. The second-order valence-corrected chi connectivity index (χ2v) is 9.43. The summed E-state index contributed by atoms with van der Waals surface area (Å²) in [5.74, 6) is 0.288. The normalized spacial score (nSPS) is 14.3. The fraction of sp³-hybridized carbons (Fsp3) is 0.115. The predicted molar refractivity (Wildman–Crippen MR) is 142 cm³/mol. The van der Waals surface area contributed by atoms with Crippen LogP contribution in [0.2, 0.25) is 5.02 Å². The highest BCUT2D eigenvalue weighted by Crippen LogP contribution is 2.35. The Balaban J connectivity index is 1.49. The van der Waals surface area contributed by atoms with Crippen molar-refractivity contribution < 1.29 is 19.1 Å². The summed E-state index contributed by atoms with van der Waals surface area (Å²) in [7, 11) is 0. The van der Waals surface area contributed by atoms with Crippen LogP contribution < -0.4 is 14.9 Å². The lowest BCUT2D eigenvalue weighted by atomic mass is 10.1. The molecule has 3 aromatic carbocycles. The topological polar surface area (TPSA) is 67.9 Å². The number of rotatable bonds is 8. The van der Waals surface area contributed by atoms with E-state index in [4.69, 9.17) is 33.3 Å². The number of carbonyl (C=O) groups excluding carboxylic acids is 2. The number of thioether (sulfide) groups is 1. The van der Waals surface area contributed by atoms with E-state index in [1.165, 1.54) is 0 Å². The van der Waals surface area contributed by atoms with Crippen molar-refractivity contribution in [2.75, 3.05) is 6.61 Å². The summed E-state index contributed by atoms with van der Waals surface area (Å²) in [6.45, 7) is 2.61. The molecule has 0 aliphatic carbocycles. The second-order valence-electron chi connectivity index (χ2n) is 7.34. The molecule has 0 saturated carbocycles. The Morgan fingerprint density at radius 3 is 2.54 bits per heavy atom. The van der Waals surface area contributed by atoms with Gasteiger partial charge in [0, 0.05) is 16.1 Å². The molecule has 0 spiro atoms. The minimum absolute atomic E-state index is 0.246. The van der Waals surface area contributed by atoms with Gasteiger partial charge in [-0.05, 0) is 61.1 Å². The summed E-state index contributed by atoms with van der Waals surface area (Å²) >= 11 is 12.7. The summed E-state index contributed by atoms with van der Waals surface area (Å²) < 4.78 is 11.9. The molecular weight excluding hydrogens is 504 g/mol. The number of carbonyl (C=O) groups is 2. The number of hydrogen-bond donors (Lipinski definition) is 1. The van der Waals surface area contributed by atoms with Gasteiger partial charge < -0.3 is 9.47 Å². The first-order valence-electron chi connectivity index (χ1n) is 10.7. The first kappa shape index (κ1) is 24.8. The lowest BCUT2D eigenvalue weighted by Gasteiger charge is -2.15. The van der Waals surface area contributed by atoms with Crippen LogP contribution in [0.1, 0.15) is 28.4 Å². The lowest BCUT2D eigenvalue weighted by molar-refractivity contribution is -0.123. The van der Waals surface area contributed by atoms with Crippen molar-refractivity contribution in [3.63, 3.8) is 0 Å². The molecule has 0 aromatic heterocycles. The fourth-order valence-electron chi connectivity index (χ4n) is 3.24. The molecule has 35 heavy (non-hydrogen) atoms. The molecule has 1 heterocycles. The third kappa shape index (κ3) is 6.03. The zero-order chi connectivity index (χ0) is 24.8. The number of ether oxygens (including phenoxy) is 2. The van der Waals surface area contributed by atoms with Crippen LogP contribution in [0.25, 0.3) is 6.08 Å². The second kappa shape index (κ2) is 11.4. The number of hydrazine groups is 1. The quantitative estimate of drug-likeness (QED) is 0.294. The summed E-state index contributed by atoms with van der Waals surface area (Å²) in [6.07, 6.45) is 1.70. The maximum atomic E-state index is 12.9. The molecule has 6 nitrogen and oxygen atoms in total. The van der Waals surface area contributed by atoms with Crippen molar-refractivity contribution in [1.29, 1.82) is 0 Å². The molecule has 9 heteroatoms. The molecule has 3 aromatic rings. The van der Waals surface area contributed by atoms with Crippen LogP contribution in [-0.2, 0) is 11.4 Å². The number of thiocarbonyl (C=S) groups is 1. The Morgan fingerprint density at radius 2 is 1.80 bits per heavy atom. The first-order valence-corrected chi connectivity index (χ1v) is 12.3. The Labute approximate surface area is 217 Å². The van der Waals surface area contributed by atoms with Gasteiger partial charge >= 0.3 is 0 Å². The lowest BCUT2D eigenvalue weighted by Crippen LogP contribution is -2.44. The van der Waals surface area contributed by atoms with Crippen molar-refractivity contribution >= 4 is 57.8 Å². The Bertz CT molecular complexity index is 1300. The molecule has 2 amide bonds. The van der Waals surface area contributed by atoms with Crippen molar-refractivity contribution in [1.82, 2.24) is 10.4 Å². The van der Waals surface area contributed by atoms with Crippen LogP contribution in [0.5, 0.6) is 11.5 Å². The molecule has 1 N–H and O–H groups in total. The highest BCUT2D eigenvalue weighted by Gasteiger charge is 2.33. The molecule has 1 saturated heterocycles. The van der Waals surface area contributed by atoms with Gasteiger partial charge in [0.25, 0.3) is 11.8 Å². The highest BCUT2D eigenvalue weighted by molar-refractivity contribution is 8.26. The first-order chi connectivity index (χ1) is 17.0. The largest absolute Gasteiger partial charge is 0.490 e. The minimum atomic E-state index is -0.415. The van der Waals surface area contributed by atoms with E-state index < -0.39 is 11.8 Å². The van der Waals surface area contributed by atoms with Gasteiger partial charge in [0.15, 0.2) is 15.8 Å². The average Bonchev–Trinajstić information content (AvgIpc) is 3.12. The Kier molecular flexibility index (Phi) is 8.07. The van der Waals surface area contributed by atoms with E-state index >= 15 is 0 Å². The maximum absolute atomic E-state index is 12.9. The fourth-order valence-corrected chi connectivity index (χ4v) is 4.61. The number of nitrogens with zero attached hydrogens (tertiary/aromatic N) is 1. The van der Waals surface area contributed by atoms with E-state index in [9.17, 15) is 9.59 Å². The van der Waals surface area contributed by atoms with Gasteiger partial charge in [-0.15, -0.1) is 0 Å². The number of halogens is 1. The molecule has 0 atom stereocenters. The number of benzene rings is 3. The highest BCUT2D eigenvalue weighted by atomic mass is 35.5. The van der Waals surface area contributed by atoms with Crippen molar-refractivity contribution in [3.8, 4) is 11.5 Å². The zero-order valence-corrected chi connectivity index (χ0v) is 21.1. The summed E-state index contributed by atoms with van der Waals surface area (Å²) in [4.78, 5) is 25.8. The van der Waals surface area contributed by atoms with Crippen LogP contribution in [0.4, 0.5) is 0 Å². The zero-order valence-electron chi connectivity index (χ0n) is 18.7. The maximum Gasteiger partial charge on any atom is 0.285 e. The summed E-state index contributed by atoms with van der Waals surface area (Å²) in [5.41, 5.74) is 4.60. The molecule has 4 rings (SSSR count). The molecule has 0 radical (unpaired) electrons. The van der Waals surface area contributed by atoms with Gasteiger partial charge in [0.05, 0.1) is 11.5 Å². The van der Waals surface area contributed by atoms with Gasteiger partial charge in [0.2, 0.25) is 0 Å². The average molecular weight is 525 g/mol. The van der Waals surface area contributed by atoms with Crippen molar-refractivity contribution in [2.45, 2.75) is 13.5 Å². The molecule has 178 valence electrons. The van der Waals surface area contributed by atoms with Crippen molar-refractivity contribution in [2.24, 2.45) is 0 Å². The summed E-state index contributed by atoms with van der Waals surface area (Å²) in [6, 6.07) is 21.5. The van der Waals surface area contributed by atoms with Gasteiger partial charge in [-0.3, -0.25) is 15.0 Å². The molecule has 1 aliphatic heterocycles. The van der Waals surface area contributed by atoms with Crippen LogP contribution in [0.15, 0.2) is 77.7 Å².